The number of aromatic nitrogens is 1. The van der Waals surface area contributed by atoms with Gasteiger partial charge in [-0.3, -0.25) is 5.32 Å². The highest BCUT2D eigenvalue weighted by atomic mass is 32.1. The Morgan fingerprint density at radius 2 is 2.29 bits per heavy atom. The van der Waals surface area contributed by atoms with Crippen molar-refractivity contribution >= 4 is 22.6 Å². The van der Waals surface area contributed by atoms with Crippen LogP contribution in [0.1, 0.15) is 20.8 Å². The summed E-state index contributed by atoms with van der Waals surface area (Å²) in [4.78, 5) is 14.8. The maximum absolute atomic E-state index is 12.5. The van der Waals surface area contributed by atoms with Crippen LogP contribution in [-0.4, -0.2) is 16.7 Å². The lowest BCUT2D eigenvalue weighted by Gasteiger charge is -2.18. The first-order valence-corrected chi connectivity index (χ1v) is 4.80. The molecular weight excluding hydrogens is 207 g/mol. The number of nitrogens with one attached hydrogen (secondary N) is 1. The van der Waals surface area contributed by atoms with E-state index in [1.54, 1.807) is 20.8 Å². The number of amides is 1. The average molecular weight is 218 g/mol. The van der Waals surface area contributed by atoms with Gasteiger partial charge < -0.3 is 4.74 Å². The zero-order chi connectivity index (χ0) is 10.8. The zero-order valence-electron chi connectivity index (χ0n) is 8.13. The molecule has 0 saturated carbocycles. The van der Waals surface area contributed by atoms with Crippen LogP contribution in [0.4, 0.5) is 14.3 Å². The summed E-state index contributed by atoms with van der Waals surface area (Å²) in [6.07, 6.45) is 0.407. The maximum atomic E-state index is 12.5. The van der Waals surface area contributed by atoms with Crippen molar-refractivity contribution in [1.82, 2.24) is 4.98 Å². The summed E-state index contributed by atoms with van der Waals surface area (Å²) >= 11 is 0.752. The molecule has 0 fully saturated rings. The van der Waals surface area contributed by atoms with Crippen LogP contribution in [0.15, 0.2) is 6.20 Å². The fourth-order valence-electron chi connectivity index (χ4n) is 0.703. The number of hydrogen-bond acceptors (Lipinski definition) is 4. The van der Waals surface area contributed by atoms with Crippen molar-refractivity contribution in [1.29, 1.82) is 0 Å². The molecule has 4 nitrogen and oxygen atoms in total. The van der Waals surface area contributed by atoms with E-state index in [0.717, 1.165) is 17.5 Å². The fourth-order valence-corrected chi connectivity index (χ4v) is 1.23. The van der Waals surface area contributed by atoms with Crippen LogP contribution in [0, 0.1) is 5.13 Å². The smallest absolute Gasteiger partial charge is 0.413 e. The predicted molar refractivity (Wildman–Crippen MR) is 51.9 cm³/mol. The lowest BCUT2D eigenvalue weighted by molar-refractivity contribution is 0.0636. The zero-order valence-corrected chi connectivity index (χ0v) is 8.94. The molecule has 6 heteroatoms. The monoisotopic (exact) mass is 218 g/mol. The summed E-state index contributed by atoms with van der Waals surface area (Å²) in [6, 6.07) is 0. The van der Waals surface area contributed by atoms with E-state index < -0.39 is 16.8 Å². The Morgan fingerprint density at radius 1 is 1.64 bits per heavy atom. The molecule has 14 heavy (non-hydrogen) atoms. The van der Waals surface area contributed by atoms with E-state index in [-0.39, 0.29) is 5.13 Å². The van der Waals surface area contributed by atoms with Gasteiger partial charge in [0.25, 0.3) is 0 Å². The van der Waals surface area contributed by atoms with Crippen LogP contribution in [0.5, 0.6) is 0 Å². The van der Waals surface area contributed by atoms with Crippen molar-refractivity contribution in [2.45, 2.75) is 26.4 Å². The summed E-state index contributed by atoms with van der Waals surface area (Å²) in [5.41, 5.74) is -0.570. The fraction of sp³-hybridized carbons (Fsp3) is 0.500. The minimum atomic E-state index is -0.633. The van der Waals surface area contributed by atoms with Crippen molar-refractivity contribution in [3.05, 3.63) is 11.3 Å². The van der Waals surface area contributed by atoms with Gasteiger partial charge in [-0.05, 0) is 20.8 Å². The lowest BCUT2D eigenvalue weighted by atomic mass is 10.2. The van der Waals surface area contributed by atoms with E-state index in [1.165, 1.54) is 0 Å². The van der Waals surface area contributed by atoms with Gasteiger partial charge in [-0.2, -0.15) is 4.39 Å². The number of carbonyl (C=O) groups excluding carboxylic acids is 1. The Labute approximate surface area is 85.1 Å². The molecule has 0 aliphatic carbocycles. The van der Waals surface area contributed by atoms with Crippen LogP contribution >= 0.6 is 11.3 Å². The Hall–Kier alpha value is -1.17. The van der Waals surface area contributed by atoms with Gasteiger partial charge in [0.1, 0.15) is 5.60 Å². The topological polar surface area (TPSA) is 51.2 Å². The molecule has 0 unspecified atom stereocenters. The highest BCUT2D eigenvalue weighted by Gasteiger charge is 2.17. The molecule has 0 radical (unpaired) electrons. The van der Waals surface area contributed by atoms with Crippen molar-refractivity contribution < 1.29 is 13.9 Å². The van der Waals surface area contributed by atoms with Crippen molar-refractivity contribution in [2.75, 3.05) is 5.32 Å². The first-order chi connectivity index (χ1) is 6.37. The third kappa shape index (κ3) is 3.69. The summed E-state index contributed by atoms with van der Waals surface area (Å²) in [7, 11) is 0. The lowest BCUT2D eigenvalue weighted by Crippen LogP contribution is -2.27. The molecule has 1 N–H and O–H groups in total. The molecule has 0 aliphatic heterocycles. The van der Waals surface area contributed by atoms with Crippen LogP contribution in [0.2, 0.25) is 0 Å². The molecule has 1 aromatic rings. The van der Waals surface area contributed by atoms with Crippen LogP contribution in [0.25, 0.3) is 0 Å². The van der Waals surface area contributed by atoms with Crippen molar-refractivity contribution in [3.8, 4) is 0 Å². The Morgan fingerprint density at radius 3 is 2.71 bits per heavy atom. The minimum absolute atomic E-state index is 0.191. The van der Waals surface area contributed by atoms with E-state index >= 15 is 0 Å². The van der Waals surface area contributed by atoms with Crippen LogP contribution in [-0.2, 0) is 4.74 Å². The summed E-state index contributed by atoms with van der Waals surface area (Å²) in [6.45, 7) is 5.24. The quantitative estimate of drug-likeness (QED) is 0.788. The molecular formula is C8H11FN2O2S. The summed E-state index contributed by atoms with van der Waals surface area (Å²) in [5.74, 6) is 0. The molecule has 78 valence electrons. The van der Waals surface area contributed by atoms with Crippen LogP contribution < -0.4 is 5.32 Å². The second-order valence-corrected chi connectivity index (χ2v) is 4.58. The second kappa shape index (κ2) is 3.91. The highest BCUT2D eigenvalue weighted by molar-refractivity contribution is 7.14. The number of anilines is 1. The number of thiazole rings is 1. The highest BCUT2D eigenvalue weighted by Crippen LogP contribution is 2.17. The third-order valence-corrected chi connectivity index (χ3v) is 1.79. The minimum Gasteiger partial charge on any atom is -0.444 e. The van der Waals surface area contributed by atoms with Crippen molar-refractivity contribution in [3.63, 3.8) is 0 Å². The van der Waals surface area contributed by atoms with Gasteiger partial charge in [-0.15, -0.1) is 0 Å². The third-order valence-electron chi connectivity index (χ3n) is 1.09. The molecule has 0 atom stereocenters. The molecule has 0 aliphatic rings. The molecule has 0 saturated heterocycles. The number of nitrogens with zero attached hydrogens (tertiary/aromatic N) is 1. The average Bonchev–Trinajstić information content (AvgIpc) is 2.30. The predicted octanol–water partition coefficient (Wildman–Crippen LogP) is 2.63. The molecule has 1 amide bonds. The number of halogens is 1. The van der Waals surface area contributed by atoms with Gasteiger partial charge in [-0.25, -0.2) is 9.78 Å². The molecule has 1 heterocycles. The summed E-state index contributed by atoms with van der Waals surface area (Å²) < 4.78 is 17.4. The SMILES string of the molecule is CC(C)(C)OC(=O)Nc1ncc(F)s1. The van der Waals surface area contributed by atoms with E-state index in [2.05, 4.69) is 10.3 Å². The first-order valence-electron chi connectivity index (χ1n) is 3.98. The van der Waals surface area contributed by atoms with Crippen molar-refractivity contribution in [2.24, 2.45) is 0 Å². The van der Waals surface area contributed by atoms with E-state index in [0.29, 0.717) is 0 Å². The summed E-state index contributed by atoms with van der Waals surface area (Å²) in [5, 5.41) is 2.07. The van der Waals surface area contributed by atoms with Gasteiger partial charge in [0.15, 0.2) is 10.3 Å². The van der Waals surface area contributed by atoms with Gasteiger partial charge in [0, 0.05) is 0 Å². The maximum Gasteiger partial charge on any atom is 0.413 e. The number of rotatable bonds is 1. The second-order valence-electron chi connectivity index (χ2n) is 3.60. The van der Waals surface area contributed by atoms with Gasteiger partial charge in [0.2, 0.25) is 0 Å². The van der Waals surface area contributed by atoms with E-state index in [4.69, 9.17) is 4.74 Å². The molecule has 0 aromatic carbocycles. The van der Waals surface area contributed by atoms with Gasteiger partial charge in [0.05, 0.1) is 6.20 Å². The van der Waals surface area contributed by atoms with Gasteiger partial charge >= 0.3 is 6.09 Å². The molecule has 1 aromatic heterocycles. The molecule has 1 rings (SSSR count). The van der Waals surface area contributed by atoms with Crippen LogP contribution in [0.3, 0.4) is 0 Å². The van der Waals surface area contributed by atoms with E-state index in [1.807, 2.05) is 0 Å². The first kappa shape index (κ1) is 10.9. The Kier molecular flexibility index (Phi) is 3.05. The Balaban J connectivity index is 2.50. The standard InChI is InChI=1S/C8H11FN2O2S/c1-8(2,3)13-7(12)11-6-10-4-5(9)14-6/h4H,1-3H3,(H,10,11,12). The molecule has 0 spiro atoms. The normalized spacial score (nSPS) is 11.1. The van der Waals surface area contributed by atoms with E-state index in [9.17, 15) is 9.18 Å². The van der Waals surface area contributed by atoms with Gasteiger partial charge in [-0.1, -0.05) is 11.3 Å². The Bertz CT molecular complexity index is 332. The largest absolute Gasteiger partial charge is 0.444 e. The molecule has 0 bridgehead atoms. The number of carbonyl (C=O) groups is 1. The number of ether oxygens (including phenoxy) is 1. The number of hydrogen-bond donors (Lipinski definition) is 1.